The first-order valence-electron chi connectivity index (χ1n) is 7.00. The van der Waals surface area contributed by atoms with E-state index in [-0.39, 0.29) is 18.0 Å². The van der Waals surface area contributed by atoms with Crippen molar-refractivity contribution in [3.63, 3.8) is 0 Å². The summed E-state index contributed by atoms with van der Waals surface area (Å²) in [7, 11) is 3.20. The van der Waals surface area contributed by atoms with Crippen LogP contribution in [-0.2, 0) is 15.9 Å². The van der Waals surface area contributed by atoms with Crippen LogP contribution in [0.25, 0.3) is 0 Å². The highest BCUT2D eigenvalue weighted by molar-refractivity contribution is 6.32. The van der Waals surface area contributed by atoms with Crippen LogP contribution in [0.2, 0.25) is 10.3 Å². The van der Waals surface area contributed by atoms with Crippen LogP contribution < -0.4 is 0 Å². The van der Waals surface area contributed by atoms with Gasteiger partial charge in [0.15, 0.2) is 0 Å². The van der Waals surface area contributed by atoms with Crippen LogP contribution in [0.1, 0.15) is 19.4 Å². The number of methoxy groups -OCH3 is 2. The van der Waals surface area contributed by atoms with E-state index in [0.717, 1.165) is 5.56 Å². The molecular weight excluding hydrogens is 325 g/mol. The molecule has 22 heavy (non-hydrogen) atoms. The van der Waals surface area contributed by atoms with E-state index in [0.29, 0.717) is 28.5 Å². The van der Waals surface area contributed by atoms with Gasteiger partial charge in [-0.05, 0) is 17.5 Å². The fourth-order valence-electron chi connectivity index (χ4n) is 2.29. The largest absolute Gasteiger partial charge is 0.483 e. The Kier molecular flexibility index (Phi) is 5.64. The van der Waals surface area contributed by atoms with Gasteiger partial charge in [-0.25, -0.2) is 15.0 Å². The molecule has 5 nitrogen and oxygen atoms in total. The first-order chi connectivity index (χ1) is 10.5. The molecular formula is C15H19Cl2N3O2. The Morgan fingerprint density at radius 1 is 1.09 bits per heavy atom. The molecule has 0 radical (unpaired) electrons. The Morgan fingerprint density at radius 2 is 1.77 bits per heavy atom. The van der Waals surface area contributed by atoms with Crippen LogP contribution in [0.3, 0.4) is 0 Å². The van der Waals surface area contributed by atoms with Crippen LogP contribution in [-0.4, -0.2) is 43.1 Å². The molecule has 0 N–H and O–H groups in total. The van der Waals surface area contributed by atoms with E-state index in [2.05, 4.69) is 28.8 Å². The average molecular weight is 344 g/mol. The molecule has 2 unspecified atom stereocenters. The van der Waals surface area contributed by atoms with Crippen molar-refractivity contribution in [2.45, 2.75) is 32.4 Å². The maximum atomic E-state index is 6.13. The van der Waals surface area contributed by atoms with E-state index >= 15 is 0 Å². The third-order valence-electron chi connectivity index (χ3n) is 3.44. The van der Waals surface area contributed by atoms with Gasteiger partial charge in [-0.15, -0.1) is 0 Å². The lowest BCUT2D eigenvalue weighted by Crippen LogP contribution is -2.38. The number of rotatable bonds is 3. The number of nitrogens with zero attached hydrogens (tertiary/aromatic N) is 3. The summed E-state index contributed by atoms with van der Waals surface area (Å²) < 4.78 is 10.8. The molecule has 0 spiro atoms. The Bertz CT molecular complexity index is 602. The maximum absolute atomic E-state index is 6.13. The molecule has 0 fully saturated rings. The van der Waals surface area contributed by atoms with Crippen LogP contribution >= 0.6 is 23.2 Å². The Balaban J connectivity index is 2.29. The molecule has 1 aliphatic rings. The second-order valence-electron chi connectivity index (χ2n) is 5.34. The zero-order valence-corrected chi connectivity index (χ0v) is 14.5. The fourth-order valence-corrected chi connectivity index (χ4v) is 2.72. The van der Waals surface area contributed by atoms with Crippen LogP contribution in [0.15, 0.2) is 22.1 Å². The zero-order valence-electron chi connectivity index (χ0n) is 13.0. The minimum absolute atomic E-state index is 0.130. The van der Waals surface area contributed by atoms with Crippen molar-refractivity contribution in [2.75, 3.05) is 14.2 Å². The Labute approximate surface area is 140 Å². The van der Waals surface area contributed by atoms with Gasteiger partial charge in [0.25, 0.3) is 0 Å². The molecule has 2 rings (SSSR count). The number of aromatic nitrogens is 1. The topological polar surface area (TPSA) is 56.1 Å². The lowest BCUT2D eigenvalue weighted by Gasteiger charge is -2.27. The molecule has 0 amide bonds. The van der Waals surface area contributed by atoms with Crippen molar-refractivity contribution in [3.8, 4) is 0 Å². The van der Waals surface area contributed by atoms with Gasteiger partial charge in [0.05, 0.1) is 14.2 Å². The number of hydrogen-bond donors (Lipinski definition) is 0. The van der Waals surface area contributed by atoms with Gasteiger partial charge in [-0.2, -0.15) is 0 Å². The van der Waals surface area contributed by atoms with E-state index in [1.807, 2.05) is 6.07 Å². The van der Waals surface area contributed by atoms with Crippen LogP contribution in [0.4, 0.5) is 0 Å². The molecule has 0 bridgehead atoms. The first kappa shape index (κ1) is 17.0. The van der Waals surface area contributed by atoms with Crippen molar-refractivity contribution in [1.82, 2.24) is 4.98 Å². The van der Waals surface area contributed by atoms with Gasteiger partial charge in [-0.1, -0.05) is 43.1 Å². The standard InChI is InChI=1S/C15H19Cl2N3O2/c1-8(2)12-15(22-4)18-10(14(20-12)21-3)7-9-5-6-11(16)19-13(9)17/h5-6,8,10,12H,7H2,1-4H3. The fraction of sp³-hybridized carbons (Fsp3) is 0.533. The third kappa shape index (κ3) is 3.70. The second kappa shape index (κ2) is 7.29. The van der Waals surface area contributed by atoms with E-state index in [1.165, 1.54) is 0 Å². The summed E-state index contributed by atoms with van der Waals surface area (Å²) in [4.78, 5) is 13.3. The first-order valence-corrected chi connectivity index (χ1v) is 7.76. The summed E-state index contributed by atoms with van der Waals surface area (Å²) in [6.07, 6.45) is 0.521. The van der Waals surface area contributed by atoms with E-state index in [1.54, 1.807) is 20.3 Å². The predicted octanol–water partition coefficient (Wildman–Crippen LogP) is 3.43. The summed E-state index contributed by atoms with van der Waals surface area (Å²) in [6.45, 7) is 4.13. The van der Waals surface area contributed by atoms with Gasteiger partial charge in [-0.3, -0.25) is 0 Å². The van der Waals surface area contributed by atoms with Crippen molar-refractivity contribution in [1.29, 1.82) is 0 Å². The van der Waals surface area contributed by atoms with E-state index in [9.17, 15) is 0 Å². The quantitative estimate of drug-likeness (QED) is 0.790. The van der Waals surface area contributed by atoms with Gasteiger partial charge >= 0.3 is 0 Å². The maximum Gasteiger partial charge on any atom is 0.209 e. The monoisotopic (exact) mass is 343 g/mol. The molecule has 0 aliphatic carbocycles. The van der Waals surface area contributed by atoms with Crippen molar-refractivity contribution >= 4 is 35.0 Å². The molecule has 7 heteroatoms. The summed E-state index contributed by atoms with van der Waals surface area (Å²) in [5, 5.41) is 0.724. The van der Waals surface area contributed by atoms with Crippen LogP contribution in [0, 0.1) is 5.92 Å². The van der Waals surface area contributed by atoms with Crippen molar-refractivity contribution in [2.24, 2.45) is 15.9 Å². The third-order valence-corrected chi connectivity index (χ3v) is 3.98. The smallest absolute Gasteiger partial charge is 0.209 e. The molecule has 0 saturated carbocycles. The molecule has 1 aromatic rings. The molecule has 0 aromatic carbocycles. The van der Waals surface area contributed by atoms with Gasteiger partial charge in [0.1, 0.15) is 22.4 Å². The molecule has 120 valence electrons. The van der Waals surface area contributed by atoms with Crippen molar-refractivity contribution in [3.05, 3.63) is 28.0 Å². The van der Waals surface area contributed by atoms with E-state index in [4.69, 9.17) is 32.7 Å². The number of aliphatic imine (C=N–C) groups is 2. The lowest BCUT2D eigenvalue weighted by molar-refractivity contribution is 0.332. The molecule has 0 saturated heterocycles. The Morgan fingerprint density at radius 3 is 2.32 bits per heavy atom. The number of hydrogen-bond acceptors (Lipinski definition) is 5. The predicted molar refractivity (Wildman–Crippen MR) is 89.3 cm³/mol. The second-order valence-corrected chi connectivity index (χ2v) is 6.08. The number of halogens is 2. The summed E-state index contributed by atoms with van der Waals surface area (Å²) in [5.41, 5.74) is 0.836. The number of ether oxygens (including phenoxy) is 2. The Hall–Kier alpha value is -1.33. The summed E-state index contributed by atoms with van der Waals surface area (Å²) in [6, 6.07) is 3.12. The van der Waals surface area contributed by atoms with E-state index < -0.39 is 0 Å². The van der Waals surface area contributed by atoms with Crippen molar-refractivity contribution < 1.29 is 9.47 Å². The minimum atomic E-state index is -0.282. The highest BCUT2D eigenvalue weighted by Gasteiger charge is 2.31. The number of pyridine rings is 1. The van der Waals surface area contributed by atoms with Gasteiger partial charge in [0, 0.05) is 6.42 Å². The SMILES string of the molecule is COC1=NC(C(C)C)C(OC)=NC1Cc1ccc(Cl)nc1Cl. The van der Waals surface area contributed by atoms with Gasteiger partial charge < -0.3 is 9.47 Å². The molecule has 2 atom stereocenters. The summed E-state index contributed by atoms with van der Waals surface area (Å²) >= 11 is 12.0. The molecule has 1 aromatic heterocycles. The molecule has 2 heterocycles. The zero-order chi connectivity index (χ0) is 16.3. The minimum Gasteiger partial charge on any atom is -0.483 e. The average Bonchev–Trinajstić information content (AvgIpc) is 2.49. The van der Waals surface area contributed by atoms with Crippen LogP contribution in [0.5, 0.6) is 0 Å². The summed E-state index contributed by atoms with van der Waals surface area (Å²) in [5.74, 6) is 1.45. The van der Waals surface area contributed by atoms with Gasteiger partial charge in [0.2, 0.25) is 11.8 Å². The highest BCUT2D eigenvalue weighted by Crippen LogP contribution is 2.23. The molecule has 1 aliphatic heterocycles. The normalized spacial score (nSPS) is 21.4. The lowest BCUT2D eigenvalue weighted by atomic mass is 10.0. The highest BCUT2D eigenvalue weighted by atomic mass is 35.5.